The normalized spacial score (nSPS) is 10.9. The van der Waals surface area contributed by atoms with Crippen molar-refractivity contribution in [2.24, 2.45) is 0 Å². The number of aromatic nitrogens is 1. The average Bonchev–Trinajstić information content (AvgIpc) is 3.08. The number of rotatable bonds is 12. The molecule has 12 heteroatoms. The van der Waals surface area contributed by atoms with Crippen molar-refractivity contribution < 1.29 is 32.6 Å². The number of hydrogen-bond acceptors (Lipinski definition) is 6. The van der Waals surface area contributed by atoms with Crippen LogP contribution >= 0.6 is 11.5 Å². The summed E-state index contributed by atoms with van der Waals surface area (Å²) in [5.41, 5.74) is -1.03. The number of hydrogen-bond donors (Lipinski definition) is 4. The summed E-state index contributed by atoms with van der Waals surface area (Å²) in [7, 11) is 0. The molecule has 0 spiro atoms. The number of ether oxygens (including phenoxy) is 1. The molecule has 0 aliphatic carbocycles. The van der Waals surface area contributed by atoms with Crippen LogP contribution in [0.15, 0.2) is 12.1 Å². The van der Waals surface area contributed by atoms with Crippen molar-refractivity contribution in [3.8, 4) is 5.88 Å². The molecule has 0 unspecified atom stereocenters. The Balaban J connectivity index is 1.90. The third-order valence-electron chi connectivity index (χ3n) is 4.25. The standard InChI is InChI=1S/C20H25F3N4O4S/c1-11(2)24-6-4-3-5-7-25-20(30)26-18-16(19(28)29)17(27-32-18)31-10-13-14(22)8-12(21)9-15(13)23/h8-9,11,24H,3-7,10H2,1-2H3,(H,28,29)(H2,25,26,30). The molecule has 8 nitrogen and oxygen atoms in total. The molecule has 2 rings (SSSR count). The molecule has 32 heavy (non-hydrogen) atoms. The number of urea groups is 1. The first-order valence-electron chi connectivity index (χ1n) is 9.96. The fraction of sp³-hybridized carbons (Fsp3) is 0.450. The quantitative estimate of drug-likeness (QED) is 0.344. The molecule has 0 radical (unpaired) electrons. The molecule has 2 amide bonds. The molecule has 0 aliphatic rings. The van der Waals surface area contributed by atoms with Crippen molar-refractivity contribution in [2.75, 3.05) is 18.4 Å². The summed E-state index contributed by atoms with van der Waals surface area (Å²) < 4.78 is 49.4. The van der Waals surface area contributed by atoms with Gasteiger partial charge in [-0.2, -0.15) is 4.37 Å². The van der Waals surface area contributed by atoms with Crippen LogP contribution in [0.5, 0.6) is 5.88 Å². The number of amides is 2. The van der Waals surface area contributed by atoms with Gasteiger partial charge in [-0.1, -0.05) is 20.3 Å². The van der Waals surface area contributed by atoms with E-state index in [9.17, 15) is 27.9 Å². The maximum atomic E-state index is 13.7. The maximum Gasteiger partial charge on any atom is 0.344 e. The predicted octanol–water partition coefficient (Wildman–Crippen LogP) is 4.13. The zero-order chi connectivity index (χ0) is 23.7. The summed E-state index contributed by atoms with van der Waals surface area (Å²) >= 11 is 0.648. The third kappa shape index (κ3) is 7.68. The van der Waals surface area contributed by atoms with E-state index in [4.69, 9.17) is 4.74 Å². The lowest BCUT2D eigenvalue weighted by Gasteiger charge is -2.09. The molecule has 0 aliphatic heterocycles. The van der Waals surface area contributed by atoms with Crippen molar-refractivity contribution >= 4 is 28.5 Å². The second-order valence-corrected chi connectivity index (χ2v) is 7.96. The van der Waals surface area contributed by atoms with Gasteiger partial charge in [0.05, 0.1) is 5.56 Å². The van der Waals surface area contributed by atoms with E-state index < -0.39 is 53.1 Å². The second-order valence-electron chi connectivity index (χ2n) is 7.18. The van der Waals surface area contributed by atoms with Gasteiger partial charge in [-0.15, -0.1) is 0 Å². The van der Waals surface area contributed by atoms with Gasteiger partial charge in [0.1, 0.15) is 29.1 Å². The van der Waals surface area contributed by atoms with Crippen LogP contribution in [0.3, 0.4) is 0 Å². The Morgan fingerprint density at radius 2 is 1.78 bits per heavy atom. The fourth-order valence-corrected chi connectivity index (χ4v) is 3.39. The largest absolute Gasteiger partial charge is 0.477 e. The first kappa shape index (κ1) is 25.4. The number of aromatic carboxylic acids is 1. The summed E-state index contributed by atoms with van der Waals surface area (Å²) in [6.07, 6.45) is 2.63. The number of unbranched alkanes of at least 4 members (excludes halogenated alkanes) is 2. The highest BCUT2D eigenvalue weighted by molar-refractivity contribution is 7.11. The summed E-state index contributed by atoms with van der Waals surface area (Å²) in [5.74, 6) is -5.30. The van der Waals surface area contributed by atoms with E-state index >= 15 is 0 Å². The van der Waals surface area contributed by atoms with Gasteiger partial charge in [0.2, 0.25) is 5.88 Å². The van der Waals surface area contributed by atoms with Crippen LogP contribution in [-0.2, 0) is 6.61 Å². The summed E-state index contributed by atoms with van der Waals surface area (Å²) in [4.78, 5) is 23.6. The molecule has 0 fully saturated rings. The molecule has 1 heterocycles. The monoisotopic (exact) mass is 474 g/mol. The van der Waals surface area contributed by atoms with Crippen LogP contribution in [0.2, 0.25) is 0 Å². The van der Waals surface area contributed by atoms with E-state index in [0.717, 1.165) is 25.8 Å². The van der Waals surface area contributed by atoms with E-state index in [0.29, 0.717) is 36.3 Å². The number of carboxylic acids is 1. The van der Waals surface area contributed by atoms with Crippen LogP contribution < -0.4 is 20.7 Å². The van der Waals surface area contributed by atoms with Crippen LogP contribution in [0.25, 0.3) is 0 Å². The predicted molar refractivity (Wildman–Crippen MR) is 114 cm³/mol. The lowest BCUT2D eigenvalue weighted by Crippen LogP contribution is -2.30. The first-order valence-corrected chi connectivity index (χ1v) is 10.7. The molecule has 0 atom stereocenters. The van der Waals surface area contributed by atoms with Gasteiger partial charge < -0.3 is 20.5 Å². The number of benzene rings is 1. The van der Waals surface area contributed by atoms with Gasteiger partial charge in [-0.05, 0) is 30.9 Å². The van der Waals surface area contributed by atoms with Crippen LogP contribution in [0, 0.1) is 17.5 Å². The Hall–Kier alpha value is -2.86. The smallest absolute Gasteiger partial charge is 0.344 e. The Morgan fingerprint density at radius 1 is 1.12 bits per heavy atom. The lowest BCUT2D eigenvalue weighted by atomic mass is 10.2. The fourth-order valence-electron chi connectivity index (χ4n) is 2.67. The van der Waals surface area contributed by atoms with E-state index in [1.165, 1.54) is 0 Å². The Morgan fingerprint density at radius 3 is 2.41 bits per heavy atom. The highest BCUT2D eigenvalue weighted by atomic mass is 32.1. The van der Waals surface area contributed by atoms with Gasteiger partial charge in [0, 0.05) is 24.7 Å². The highest BCUT2D eigenvalue weighted by Gasteiger charge is 2.24. The van der Waals surface area contributed by atoms with Crippen molar-refractivity contribution in [1.82, 2.24) is 15.0 Å². The second kappa shape index (κ2) is 12.2. The summed E-state index contributed by atoms with van der Waals surface area (Å²) in [6, 6.07) is 0.779. The maximum absolute atomic E-state index is 13.7. The molecule has 0 saturated heterocycles. The molecule has 2 aromatic rings. The number of carboxylic acid groups (broad SMARTS) is 1. The molecular formula is C20H25F3N4O4S. The SMILES string of the molecule is CC(C)NCCCCCNC(=O)Nc1snc(OCc2c(F)cc(F)cc2F)c1C(=O)O. The van der Waals surface area contributed by atoms with Gasteiger partial charge in [0.15, 0.2) is 5.56 Å². The summed E-state index contributed by atoms with van der Waals surface area (Å²) in [6.45, 7) is 4.71. The molecular weight excluding hydrogens is 449 g/mol. The minimum Gasteiger partial charge on any atom is -0.477 e. The van der Waals surface area contributed by atoms with E-state index in [1.807, 2.05) is 0 Å². The lowest BCUT2D eigenvalue weighted by molar-refractivity contribution is 0.0693. The Bertz CT molecular complexity index is 917. The average molecular weight is 475 g/mol. The topological polar surface area (TPSA) is 113 Å². The van der Waals surface area contributed by atoms with Crippen molar-refractivity contribution in [3.63, 3.8) is 0 Å². The molecule has 0 bridgehead atoms. The zero-order valence-corrected chi connectivity index (χ0v) is 18.5. The summed E-state index contributed by atoms with van der Waals surface area (Å²) in [5, 5.41) is 17.7. The number of anilines is 1. The van der Waals surface area contributed by atoms with Crippen molar-refractivity contribution in [2.45, 2.75) is 45.8 Å². The molecule has 0 saturated carbocycles. The van der Waals surface area contributed by atoms with Gasteiger partial charge in [-0.25, -0.2) is 22.8 Å². The van der Waals surface area contributed by atoms with Crippen LogP contribution in [-0.4, -0.2) is 40.6 Å². The number of halogens is 3. The molecule has 4 N–H and O–H groups in total. The Labute approximate surface area is 187 Å². The number of carbonyl (C=O) groups excluding carboxylic acids is 1. The van der Waals surface area contributed by atoms with E-state index in [2.05, 4.69) is 34.2 Å². The molecule has 176 valence electrons. The van der Waals surface area contributed by atoms with E-state index in [-0.39, 0.29) is 5.00 Å². The molecule has 1 aromatic carbocycles. The van der Waals surface area contributed by atoms with Gasteiger partial charge in [0.25, 0.3) is 0 Å². The van der Waals surface area contributed by atoms with Crippen LogP contribution in [0.1, 0.15) is 49.0 Å². The van der Waals surface area contributed by atoms with Crippen LogP contribution in [0.4, 0.5) is 23.0 Å². The first-order chi connectivity index (χ1) is 15.2. The van der Waals surface area contributed by atoms with Gasteiger partial charge in [-0.3, -0.25) is 5.32 Å². The third-order valence-corrected chi connectivity index (χ3v) is 5.00. The Kier molecular flexibility index (Phi) is 9.72. The minimum absolute atomic E-state index is 0.0915. The molecule has 1 aromatic heterocycles. The number of carbonyl (C=O) groups is 2. The van der Waals surface area contributed by atoms with Gasteiger partial charge >= 0.3 is 12.0 Å². The highest BCUT2D eigenvalue weighted by Crippen LogP contribution is 2.31. The zero-order valence-electron chi connectivity index (χ0n) is 17.6. The van der Waals surface area contributed by atoms with Crippen molar-refractivity contribution in [1.29, 1.82) is 0 Å². The number of nitrogens with zero attached hydrogens (tertiary/aromatic N) is 1. The number of nitrogens with one attached hydrogen (secondary N) is 3. The van der Waals surface area contributed by atoms with E-state index in [1.54, 1.807) is 0 Å². The van der Waals surface area contributed by atoms with Crippen molar-refractivity contribution in [3.05, 3.63) is 40.7 Å². The minimum atomic E-state index is -1.44.